The molecular weight excluding hydrogens is 274 g/mol. The first-order chi connectivity index (χ1) is 9.72. The zero-order valence-corrected chi connectivity index (χ0v) is 12.2. The van der Waals surface area contributed by atoms with Gasteiger partial charge in [-0.3, -0.25) is 0 Å². The maximum atomic E-state index is 5.93. The Morgan fingerprint density at radius 3 is 2.45 bits per heavy atom. The van der Waals surface area contributed by atoms with Gasteiger partial charge in [-0.25, -0.2) is 0 Å². The Morgan fingerprint density at radius 2 is 1.80 bits per heavy atom. The van der Waals surface area contributed by atoms with E-state index < -0.39 is 0 Å². The molecule has 4 heteroatoms. The molecule has 2 rings (SSSR count). The standard InChI is InChI=1S/C16H18ClNO2/c1-19-16-6-5-13(7-14(16)9-18)11-20-10-12-3-2-4-15(17)8-12/h2-8H,9-11,18H2,1H3. The Balaban J connectivity index is 1.94. The summed E-state index contributed by atoms with van der Waals surface area (Å²) in [5.41, 5.74) is 8.82. The molecule has 0 fully saturated rings. The minimum Gasteiger partial charge on any atom is -0.496 e. The first-order valence-corrected chi connectivity index (χ1v) is 6.78. The molecule has 2 aromatic carbocycles. The van der Waals surface area contributed by atoms with Crippen LogP contribution in [0.3, 0.4) is 0 Å². The van der Waals surface area contributed by atoms with Gasteiger partial charge < -0.3 is 15.2 Å². The fourth-order valence-corrected chi connectivity index (χ4v) is 2.21. The quantitative estimate of drug-likeness (QED) is 0.885. The van der Waals surface area contributed by atoms with Crippen LogP contribution in [0.25, 0.3) is 0 Å². The largest absolute Gasteiger partial charge is 0.496 e. The van der Waals surface area contributed by atoms with Crippen LogP contribution < -0.4 is 10.5 Å². The van der Waals surface area contributed by atoms with Gasteiger partial charge in [-0.05, 0) is 35.4 Å². The van der Waals surface area contributed by atoms with E-state index in [9.17, 15) is 0 Å². The third-order valence-electron chi connectivity index (χ3n) is 2.99. The van der Waals surface area contributed by atoms with Gasteiger partial charge in [-0.1, -0.05) is 29.8 Å². The molecule has 0 spiro atoms. The van der Waals surface area contributed by atoms with Gasteiger partial charge in [-0.15, -0.1) is 0 Å². The third-order valence-corrected chi connectivity index (χ3v) is 3.23. The molecule has 3 nitrogen and oxygen atoms in total. The molecule has 0 atom stereocenters. The fraction of sp³-hybridized carbons (Fsp3) is 0.250. The summed E-state index contributed by atoms with van der Waals surface area (Å²) in [5, 5.41) is 0.723. The van der Waals surface area contributed by atoms with E-state index in [1.165, 1.54) is 0 Å². The smallest absolute Gasteiger partial charge is 0.123 e. The van der Waals surface area contributed by atoms with Crippen molar-refractivity contribution in [2.24, 2.45) is 5.73 Å². The zero-order valence-electron chi connectivity index (χ0n) is 11.4. The number of methoxy groups -OCH3 is 1. The van der Waals surface area contributed by atoms with Crippen molar-refractivity contribution in [3.63, 3.8) is 0 Å². The lowest BCUT2D eigenvalue weighted by Crippen LogP contribution is -2.02. The second-order valence-electron chi connectivity index (χ2n) is 4.47. The molecule has 0 unspecified atom stereocenters. The van der Waals surface area contributed by atoms with E-state index in [4.69, 9.17) is 26.8 Å². The lowest BCUT2D eigenvalue weighted by atomic mass is 10.1. The highest BCUT2D eigenvalue weighted by molar-refractivity contribution is 6.30. The van der Waals surface area contributed by atoms with Gasteiger partial charge in [0.05, 0.1) is 20.3 Å². The highest BCUT2D eigenvalue weighted by Gasteiger charge is 2.03. The van der Waals surface area contributed by atoms with Crippen LogP contribution in [-0.4, -0.2) is 7.11 Å². The summed E-state index contributed by atoms with van der Waals surface area (Å²) in [5.74, 6) is 0.811. The van der Waals surface area contributed by atoms with Crippen molar-refractivity contribution in [2.45, 2.75) is 19.8 Å². The van der Waals surface area contributed by atoms with Crippen LogP contribution in [0.4, 0.5) is 0 Å². The molecule has 20 heavy (non-hydrogen) atoms. The molecule has 0 aliphatic carbocycles. The second kappa shape index (κ2) is 7.29. The second-order valence-corrected chi connectivity index (χ2v) is 4.91. The molecule has 0 bridgehead atoms. The Hall–Kier alpha value is -1.55. The van der Waals surface area contributed by atoms with Gasteiger partial charge >= 0.3 is 0 Å². The van der Waals surface area contributed by atoms with Crippen LogP contribution in [-0.2, 0) is 24.5 Å². The lowest BCUT2D eigenvalue weighted by Gasteiger charge is -2.10. The van der Waals surface area contributed by atoms with E-state index in [0.717, 1.165) is 27.5 Å². The molecule has 0 saturated carbocycles. The van der Waals surface area contributed by atoms with Crippen molar-refractivity contribution in [1.29, 1.82) is 0 Å². The van der Waals surface area contributed by atoms with Gasteiger partial charge in [0.2, 0.25) is 0 Å². The van der Waals surface area contributed by atoms with Gasteiger partial charge in [0.1, 0.15) is 5.75 Å². The Morgan fingerprint density at radius 1 is 1.05 bits per heavy atom. The summed E-state index contributed by atoms with van der Waals surface area (Å²) >= 11 is 5.93. The van der Waals surface area contributed by atoms with Gasteiger partial charge in [0.15, 0.2) is 0 Å². The Labute approximate surface area is 124 Å². The molecule has 106 valence electrons. The zero-order chi connectivity index (χ0) is 14.4. The highest BCUT2D eigenvalue weighted by Crippen LogP contribution is 2.20. The van der Waals surface area contributed by atoms with Crippen LogP contribution >= 0.6 is 11.6 Å². The molecule has 0 heterocycles. The van der Waals surface area contributed by atoms with Crippen LogP contribution in [0.5, 0.6) is 5.75 Å². The number of benzene rings is 2. The lowest BCUT2D eigenvalue weighted by molar-refractivity contribution is 0.107. The van der Waals surface area contributed by atoms with Crippen LogP contribution in [0.1, 0.15) is 16.7 Å². The van der Waals surface area contributed by atoms with Crippen molar-refractivity contribution in [2.75, 3.05) is 7.11 Å². The predicted molar refractivity (Wildman–Crippen MR) is 80.8 cm³/mol. The molecule has 0 aromatic heterocycles. The highest BCUT2D eigenvalue weighted by atomic mass is 35.5. The predicted octanol–water partition coefficient (Wildman–Crippen LogP) is 3.52. The van der Waals surface area contributed by atoms with Crippen molar-refractivity contribution in [3.05, 3.63) is 64.2 Å². The first-order valence-electron chi connectivity index (χ1n) is 6.41. The van der Waals surface area contributed by atoms with E-state index in [-0.39, 0.29) is 0 Å². The van der Waals surface area contributed by atoms with Crippen molar-refractivity contribution in [3.8, 4) is 5.75 Å². The van der Waals surface area contributed by atoms with Crippen molar-refractivity contribution < 1.29 is 9.47 Å². The molecular formula is C16H18ClNO2. The molecule has 2 aromatic rings. The third kappa shape index (κ3) is 3.97. The molecule has 2 N–H and O–H groups in total. The summed E-state index contributed by atoms with van der Waals surface area (Å²) in [4.78, 5) is 0. The summed E-state index contributed by atoms with van der Waals surface area (Å²) in [6, 6.07) is 13.6. The molecule has 0 amide bonds. The number of ether oxygens (including phenoxy) is 2. The van der Waals surface area contributed by atoms with E-state index in [2.05, 4.69) is 0 Å². The van der Waals surface area contributed by atoms with Crippen LogP contribution in [0.15, 0.2) is 42.5 Å². The average molecular weight is 292 g/mol. The van der Waals surface area contributed by atoms with Gasteiger partial charge in [0, 0.05) is 17.1 Å². The molecule has 0 saturated heterocycles. The molecule has 0 aliphatic rings. The summed E-state index contributed by atoms with van der Waals surface area (Å²) in [6.45, 7) is 1.51. The number of nitrogens with two attached hydrogens (primary N) is 1. The maximum absolute atomic E-state index is 5.93. The monoisotopic (exact) mass is 291 g/mol. The summed E-state index contributed by atoms with van der Waals surface area (Å²) < 4.78 is 10.9. The average Bonchev–Trinajstić information content (AvgIpc) is 2.47. The van der Waals surface area contributed by atoms with E-state index in [1.54, 1.807) is 7.11 Å². The van der Waals surface area contributed by atoms with E-state index >= 15 is 0 Å². The van der Waals surface area contributed by atoms with E-state index in [0.29, 0.717) is 19.8 Å². The maximum Gasteiger partial charge on any atom is 0.123 e. The Kier molecular flexibility index (Phi) is 5.41. The van der Waals surface area contributed by atoms with Gasteiger partial charge in [-0.2, -0.15) is 0 Å². The van der Waals surface area contributed by atoms with Crippen molar-refractivity contribution >= 4 is 11.6 Å². The fourth-order valence-electron chi connectivity index (χ4n) is 1.99. The molecule has 0 radical (unpaired) electrons. The van der Waals surface area contributed by atoms with Crippen LogP contribution in [0, 0.1) is 0 Å². The summed E-state index contributed by atoms with van der Waals surface area (Å²) in [6.07, 6.45) is 0. The number of hydrogen-bond donors (Lipinski definition) is 1. The van der Waals surface area contributed by atoms with E-state index in [1.807, 2.05) is 42.5 Å². The Bertz CT molecular complexity index is 572. The van der Waals surface area contributed by atoms with Crippen LogP contribution in [0.2, 0.25) is 5.02 Å². The molecule has 0 aliphatic heterocycles. The first kappa shape index (κ1) is 14.9. The topological polar surface area (TPSA) is 44.5 Å². The minimum atomic E-state index is 0.450. The van der Waals surface area contributed by atoms with Gasteiger partial charge in [0.25, 0.3) is 0 Å². The summed E-state index contributed by atoms with van der Waals surface area (Å²) in [7, 11) is 1.64. The number of halogens is 1. The minimum absolute atomic E-state index is 0.450. The number of rotatable bonds is 6. The normalized spacial score (nSPS) is 10.6. The van der Waals surface area contributed by atoms with Crippen molar-refractivity contribution in [1.82, 2.24) is 0 Å². The number of hydrogen-bond acceptors (Lipinski definition) is 3. The SMILES string of the molecule is COc1ccc(COCc2cccc(Cl)c2)cc1CN.